The number of carbonyl (C=O) groups is 2. The average Bonchev–Trinajstić information content (AvgIpc) is 2.54. The van der Waals surface area contributed by atoms with Crippen LogP contribution in [0.15, 0.2) is 29.4 Å². The van der Waals surface area contributed by atoms with E-state index in [9.17, 15) is 9.59 Å². The fraction of sp³-hybridized carbons (Fsp3) is 0.471. The first kappa shape index (κ1) is 14.8. The molecule has 2 amide bonds. The lowest BCUT2D eigenvalue weighted by molar-refractivity contribution is -0.122. The van der Waals surface area contributed by atoms with Gasteiger partial charge in [0.1, 0.15) is 0 Å². The van der Waals surface area contributed by atoms with Crippen LogP contribution in [0.3, 0.4) is 0 Å². The molecule has 1 aromatic rings. The number of hydrazone groups is 1. The standard InChI is InChI=1S/C17H21N3O2/c21-16(9-7-14-8-10-17(22)20-19-14)18-15-6-5-12-3-1-2-4-13(12)11-15/h1-4,15H,5-11H2,(H,18,21)(H,20,22)/t15-/m1/s1. The van der Waals surface area contributed by atoms with Gasteiger partial charge in [-0.3, -0.25) is 9.59 Å². The van der Waals surface area contributed by atoms with Crippen LogP contribution < -0.4 is 10.7 Å². The quantitative estimate of drug-likeness (QED) is 0.888. The predicted octanol–water partition coefficient (Wildman–Crippen LogP) is 1.71. The molecule has 5 nitrogen and oxygen atoms in total. The van der Waals surface area contributed by atoms with Gasteiger partial charge in [-0.2, -0.15) is 5.10 Å². The Morgan fingerprint density at radius 3 is 2.82 bits per heavy atom. The van der Waals surface area contributed by atoms with Crippen molar-refractivity contribution in [3.63, 3.8) is 0 Å². The van der Waals surface area contributed by atoms with E-state index in [1.54, 1.807) is 0 Å². The summed E-state index contributed by atoms with van der Waals surface area (Å²) in [5.74, 6) is 0.0260. The normalized spacial score (nSPS) is 20.6. The molecule has 0 saturated heterocycles. The van der Waals surface area contributed by atoms with Crippen LogP contribution in [0.1, 0.15) is 43.2 Å². The molecule has 1 heterocycles. The number of hydrogen-bond acceptors (Lipinski definition) is 3. The molecule has 116 valence electrons. The van der Waals surface area contributed by atoms with Crippen LogP contribution in [-0.2, 0) is 22.4 Å². The van der Waals surface area contributed by atoms with E-state index in [0.717, 1.165) is 25.0 Å². The fourth-order valence-corrected chi connectivity index (χ4v) is 3.07. The molecule has 0 bridgehead atoms. The number of aryl methyl sites for hydroxylation is 1. The summed E-state index contributed by atoms with van der Waals surface area (Å²) in [5.41, 5.74) is 6.12. The van der Waals surface area contributed by atoms with E-state index >= 15 is 0 Å². The Balaban J connectivity index is 1.46. The van der Waals surface area contributed by atoms with Gasteiger partial charge in [-0.1, -0.05) is 24.3 Å². The van der Waals surface area contributed by atoms with Crippen LogP contribution in [0.4, 0.5) is 0 Å². The summed E-state index contributed by atoms with van der Waals surface area (Å²) in [7, 11) is 0. The van der Waals surface area contributed by atoms with Gasteiger partial charge >= 0.3 is 0 Å². The molecule has 22 heavy (non-hydrogen) atoms. The highest BCUT2D eigenvalue weighted by Gasteiger charge is 2.20. The zero-order valence-corrected chi connectivity index (χ0v) is 12.6. The lowest BCUT2D eigenvalue weighted by atomic mass is 9.88. The van der Waals surface area contributed by atoms with Gasteiger partial charge in [0.2, 0.25) is 11.8 Å². The molecule has 0 saturated carbocycles. The molecule has 3 rings (SSSR count). The number of benzene rings is 1. The number of hydrogen-bond donors (Lipinski definition) is 2. The van der Waals surface area contributed by atoms with Crippen molar-refractivity contribution in [3.8, 4) is 0 Å². The topological polar surface area (TPSA) is 70.6 Å². The Morgan fingerprint density at radius 2 is 2.05 bits per heavy atom. The highest BCUT2D eigenvalue weighted by Crippen LogP contribution is 2.21. The zero-order chi connectivity index (χ0) is 15.4. The minimum absolute atomic E-state index is 0.0472. The number of fused-ring (bicyclic) bond motifs is 1. The largest absolute Gasteiger partial charge is 0.353 e. The summed E-state index contributed by atoms with van der Waals surface area (Å²) in [5, 5.41) is 7.12. The molecule has 0 unspecified atom stereocenters. The molecule has 0 spiro atoms. The van der Waals surface area contributed by atoms with Gasteiger partial charge in [0, 0.05) is 24.6 Å². The second-order valence-electron chi connectivity index (χ2n) is 5.99. The summed E-state index contributed by atoms with van der Waals surface area (Å²) in [6, 6.07) is 8.67. The van der Waals surface area contributed by atoms with Crippen LogP contribution in [0.2, 0.25) is 0 Å². The molecule has 5 heteroatoms. The van der Waals surface area contributed by atoms with Crippen LogP contribution in [0, 0.1) is 0 Å². The maximum absolute atomic E-state index is 12.1. The third-order valence-corrected chi connectivity index (χ3v) is 4.33. The lowest BCUT2D eigenvalue weighted by Gasteiger charge is -2.25. The second-order valence-corrected chi connectivity index (χ2v) is 5.99. The maximum Gasteiger partial charge on any atom is 0.240 e. The SMILES string of the molecule is O=C1CCC(CCC(=O)N[C@@H]2CCc3ccccc3C2)=NN1. The number of nitrogens with one attached hydrogen (secondary N) is 2. The van der Waals surface area contributed by atoms with Gasteiger partial charge in [-0.05, 0) is 43.2 Å². The molecule has 0 fully saturated rings. The van der Waals surface area contributed by atoms with E-state index in [1.165, 1.54) is 11.1 Å². The van der Waals surface area contributed by atoms with E-state index < -0.39 is 0 Å². The minimum Gasteiger partial charge on any atom is -0.353 e. The van der Waals surface area contributed by atoms with E-state index in [4.69, 9.17) is 0 Å². The molecular formula is C17H21N3O2. The van der Waals surface area contributed by atoms with Crippen molar-refractivity contribution in [1.29, 1.82) is 0 Å². The molecule has 2 N–H and O–H groups in total. The number of carbonyl (C=O) groups excluding carboxylic acids is 2. The van der Waals surface area contributed by atoms with Crippen LogP contribution in [-0.4, -0.2) is 23.6 Å². The van der Waals surface area contributed by atoms with Gasteiger partial charge in [0.25, 0.3) is 0 Å². The molecular weight excluding hydrogens is 278 g/mol. The highest BCUT2D eigenvalue weighted by molar-refractivity contribution is 5.94. The van der Waals surface area contributed by atoms with E-state index in [-0.39, 0.29) is 17.9 Å². The van der Waals surface area contributed by atoms with Gasteiger partial charge in [-0.25, -0.2) is 5.43 Å². The first-order valence-electron chi connectivity index (χ1n) is 7.91. The Labute approximate surface area is 130 Å². The summed E-state index contributed by atoms with van der Waals surface area (Å²) in [6.45, 7) is 0. The Bertz CT molecular complexity index is 610. The molecule has 1 aromatic carbocycles. The third-order valence-electron chi connectivity index (χ3n) is 4.33. The Hall–Kier alpha value is -2.17. The lowest BCUT2D eigenvalue weighted by Crippen LogP contribution is -2.39. The number of amides is 2. The van der Waals surface area contributed by atoms with Crippen molar-refractivity contribution < 1.29 is 9.59 Å². The second kappa shape index (κ2) is 6.73. The average molecular weight is 299 g/mol. The Morgan fingerprint density at radius 1 is 1.23 bits per heavy atom. The van der Waals surface area contributed by atoms with Crippen LogP contribution >= 0.6 is 0 Å². The highest BCUT2D eigenvalue weighted by atomic mass is 16.2. The summed E-state index contributed by atoms with van der Waals surface area (Å²) < 4.78 is 0. The van der Waals surface area contributed by atoms with Gasteiger partial charge < -0.3 is 5.32 Å². The third kappa shape index (κ3) is 3.72. The van der Waals surface area contributed by atoms with Crippen molar-refractivity contribution in [1.82, 2.24) is 10.7 Å². The smallest absolute Gasteiger partial charge is 0.240 e. The molecule has 1 aliphatic heterocycles. The van der Waals surface area contributed by atoms with Crippen molar-refractivity contribution >= 4 is 17.5 Å². The summed E-state index contributed by atoms with van der Waals surface area (Å²) >= 11 is 0. The van der Waals surface area contributed by atoms with E-state index in [0.29, 0.717) is 25.7 Å². The molecule has 0 radical (unpaired) electrons. The van der Waals surface area contributed by atoms with Crippen molar-refractivity contribution in [3.05, 3.63) is 35.4 Å². The zero-order valence-electron chi connectivity index (χ0n) is 12.6. The first-order valence-corrected chi connectivity index (χ1v) is 7.91. The van der Waals surface area contributed by atoms with Crippen LogP contribution in [0.5, 0.6) is 0 Å². The molecule has 2 aliphatic rings. The van der Waals surface area contributed by atoms with E-state index in [2.05, 4.69) is 40.1 Å². The van der Waals surface area contributed by atoms with Gasteiger partial charge in [0.05, 0.1) is 0 Å². The van der Waals surface area contributed by atoms with Gasteiger partial charge in [0.15, 0.2) is 0 Å². The molecule has 1 atom stereocenters. The van der Waals surface area contributed by atoms with Crippen LogP contribution in [0.25, 0.3) is 0 Å². The molecule has 0 aromatic heterocycles. The van der Waals surface area contributed by atoms with E-state index in [1.807, 2.05) is 0 Å². The predicted molar refractivity (Wildman–Crippen MR) is 84.4 cm³/mol. The number of nitrogens with zero attached hydrogens (tertiary/aromatic N) is 1. The van der Waals surface area contributed by atoms with Gasteiger partial charge in [-0.15, -0.1) is 0 Å². The Kier molecular flexibility index (Phi) is 4.51. The monoisotopic (exact) mass is 299 g/mol. The van der Waals surface area contributed by atoms with Crippen molar-refractivity contribution in [2.75, 3.05) is 0 Å². The fourth-order valence-electron chi connectivity index (χ4n) is 3.07. The molecule has 1 aliphatic carbocycles. The summed E-state index contributed by atoms with van der Waals surface area (Å²) in [6.07, 6.45) is 5.14. The minimum atomic E-state index is -0.0472. The summed E-state index contributed by atoms with van der Waals surface area (Å²) in [4.78, 5) is 23.1. The van der Waals surface area contributed by atoms with Crippen molar-refractivity contribution in [2.45, 2.75) is 51.0 Å². The number of rotatable bonds is 4. The first-order chi connectivity index (χ1) is 10.7. The maximum atomic E-state index is 12.1. The van der Waals surface area contributed by atoms with Crippen molar-refractivity contribution in [2.24, 2.45) is 5.10 Å².